The van der Waals surface area contributed by atoms with Crippen molar-refractivity contribution in [3.8, 4) is 5.75 Å². The van der Waals surface area contributed by atoms with E-state index in [9.17, 15) is 9.18 Å². The van der Waals surface area contributed by atoms with E-state index in [4.69, 9.17) is 4.74 Å². The predicted molar refractivity (Wildman–Crippen MR) is 79.2 cm³/mol. The van der Waals surface area contributed by atoms with Crippen LogP contribution in [-0.4, -0.2) is 18.0 Å². The number of ether oxygens (including phenoxy) is 1. The second-order valence-electron chi connectivity index (χ2n) is 4.58. The smallest absolute Gasteiger partial charge is 0.257 e. The molecule has 21 heavy (non-hydrogen) atoms. The molecule has 0 saturated heterocycles. The van der Waals surface area contributed by atoms with Crippen LogP contribution >= 0.6 is 0 Å². The highest BCUT2D eigenvalue weighted by Crippen LogP contribution is 2.22. The van der Waals surface area contributed by atoms with Gasteiger partial charge in [-0.25, -0.2) is 4.39 Å². The predicted octanol–water partition coefficient (Wildman–Crippen LogP) is 3.57. The SMILES string of the molecule is COc1cccc(NC(=O)c2c[nH]c3ccc(F)cc23)c1. The van der Waals surface area contributed by atoms with Gasteiger partial charge in [-0.3, -0.25) is 4.79 Å². The lowest BCUT2D eigenvalue weighted by Gasteiger charge is -2.06. The zero-order valence-electron chi connectivity index (χ0n) is 11.3. The van der Waals surface area contributed by atoms with E-state index in [1.165, 1.54) is 12.1 Å². The summed E-state index contributed by atoms with van der Waals surface area (Å²) in [4.78, 5) is 15.3. The maximum atomic E-state index is 13.3. The van der Waals surface area contributed by atoms with Crippen molar-refractivity contribution < 1.29 is 13.9 Å². The van der Waals surface area contributed by atoms with Gasteiger partial charge in [0.25, 0.3) is 5.91 Å². The number of benzene rings is 2. The topological polar surface area (TPSA) is 54.1 Å². The number of methoxy groups -OCH3 is 1. The molecular formula is C16H13FN2O2. The second-order valence-corrected chi connectivity index (χ2v) is 4.58. The molecule has 3 aromatic rings. The molecule has 1 heterocycles. The van der Waals surface area contributed by atoms with Gasteiger partial charge in [0.2, 0.25) is 0 Å². The first-order valence-corrected chi connectivity index (χ1v) is 6.39. The van der Waals surface area contributed by atoms with E-state index in [1.807, 2.05) is 0 Å². The van der Waals surface area contributed by atoms with Crippen LogP contribution in [0.1, 0.15) is 10.4 Å². The Morgan fingerprint density at radius 2 is 2.10 bits per heavy atom. The lowest BCUT2D eigenvalue weighted by molar-refractivity contribution is 0.102. The summed E-state index contributed by atoms with van der Waals surface area (Å²) < 4.78 is 18.4. The molecule has 2 N–H and O–H groups in total. The Morgan fingerprint density at radius 3 is 2.90 bits per heavy atom. The molecule has 0 saturated carbocycles. The van der Waals surface area contributed by atoms with Gasteiger partial charge in [-0.15, -0.1) is 0 Å². The molecule has 2 aromatic carbocycles. The van der Waals surface area contributed by atoms with Gasteiger partial charge in [0.05, 0.1) is 12.7 Å². The summed E-state index contributed by atoms with van der Waals surface area (Å²) in [6.45, 7) is 0. The van der Waals surface area contributed by atoms with Gasteiger partial charge >= 0.3 is 0 Å². The monoisotopic (exact) mass is 284 g/mol. The quantitative estimate of drug-likeness (QED) is 0.772. The van der Waals surface area contributed by atoms with Crippen molar-refractivity contribution in [3.05, 3.63) is 60.0 Å². The number of nitrogens with one attached hydrogen (secondary N) is 2. The third-order valence-corrected chi connectivity index (χ3v) is 3.22. The number of amides is 1. The summed E-state index contributed by atoms with van der Waals surface area (Å²) in [6, 6.07) is 11.3. The summed E-state index contributed by atoms with van der Waals surface area (Å²) in [5.41, 5.74) is 1.73. The third kappa shape index (κ3) is 2.58. The lowest BCUT2D eigenvalue weighted by Crippen LogP contribution is -2.11. The van der Waals surface area contributed by atoms with Gasteiger partial charge in [-0.2, -0.15) is 0 Å². The lowest BCUT2D eigenvalue weighted by atomic mass is 10.1. The molecule has 3 rings (SSSR count). The van der Waals surface area contributed by atoms with Crippen molar-refractivity contribution in [1.82, 2.24) is 4.98 Å². The molecule has 0 unspecified atom stereocenters. The van der Waals surface area contributed by atoms with Crippen LogP contribution in [0.25, 0.3) is 10.9 Å². The number of hydrogen-bond donors (Lipinski definition) is 2. The number of aromatic amines is 1. The highest BCUT2D eigenvalue weighted by atomic mass is 19.1. The summed E-state index contributed by atoms with van der Waals surface area (Å²) in [5, 5.41) is 3.32. The summed E-state index contributed by atoms with van der Waals surface area (Å²) in [6.07, 6.45) is 1.57. The number of aromatic nitrogens is 1. The average Bonchev–Trinajstić information content (AvgIpc) is 2.90. The van der Waals surface area contributed by atoms with Crippen molar-refractivity contribution in [2.75, 3.05) is 12.4 Å². The molecule has 0 spiro atoms. The number of H-pyrrole nitrogens is 1. The molecular weight excluding hydrogens is 271 g/mol. The first kappa shape index (κ1) is 13.2. The highest BCUT2D eigenvalue weighted by Gasteiger charge is 2.13. The summed E-state index contributed by atoms with van der Waals surface area (Å²) >= 11 is 0. The van der Waals surface area contributed by atoms with Crippen LogP contribution < -0.4 is 10.1 Å². The molecule has 0 bridgehead atoms. The Hall–Kier alpha value is -2.82. The van der Waals surface area contributed by atoms with E-state index in [0.717, 1.165) is 0 Å². The van der Waals surface area contributed by atoms with Gasteiger partial charge in [0, 0.05) is 28.9 Å². The van der Waals surface area contributed by atoms with E-state index in [1.54, 1.807) is 43.6 Å². The fourth-order valence-corrected chi connectivity index (χ4v) is 2.18. The van der Waals surface area contributed by atoms with Crippen molar-refractivity contribution in [2.24, 2.45) is 0 Å². The molecule has 0 fully saturated rings. The third-order valence-electron chi connectivity index (χ3n) is 3.22. The molecule has 4 nitrogen and oxygen atoms in total. The van der Waals surface area contributed by atoms with Crippen LogP contribution in [0.15, 0.2) is 48.7 Å². The number of rotatable bonds is 3. The second kappa shape index (κ2) is 5.28. The van der Waals surface area contributed by atoms with Gasteiger partial charge in [0.1, 0.15) is 11.6 Å². The fraction of sp³-hybridized carbons (Fsp3) is 0.0625. The summed E-state index contributed by atoms with van der Waals surface area (Å²) in [7, 11) is 1.56. The van der Waals surface area contributed by atoms with E-state index < -0.39 is 0 Å². The van der Waals surface area contributed by atoms with E-state index in [0.29, 0.717) is 27.9 Å². The molecule has 106 valence electrons. The molecule has 0 radical (unpaired) electrons. The normalized spacial score (nSPS) is 10.6. The van der Waals surface area contributed by atoms with Crippen LogP contribution in [0.3, 0.4) is 0 Å². The maximum absolute atomic E-state index is 13.3. The number of carbonyl (C=O) groups is 1. The Kier molecular flexibility index (Phi) is 3.31. The molecule has 0 aliphatic carbocycles. The van der Waals surface area contributed by atoms with Gasteiger partial charge in [-0.1, -0.05) is 6.07 Å². The number of fused-ring (bicyclic) bond motifs is 1. The summed E-state index contributed by atoms with van der Waals surface area (Å²) in [5.74, 6) is -0.0320. The van der Waals surface area contributed by atoms with E-state index >= 15 is 0 Å². The average molecular weight is 284 g/mol. The number of hydrogen-bond acceptors (Lipinski definition) is 2. The fourth-order valence-electron chi connectivity index (χ4n) is 2.18. The van der Waals surface area contributed by atoms with Crippen LogP contribution in [-0.2, 0) is 0 Å². The first-order chi connectivity index (χ1) is 10.2. The van der Waals surface area contributed by atoms with Gasteiger partial charge in [0.15, 0.2) is 0 Å². The molecule has 0 aliphatic rings. The van der Waals surface area contributed by atoms with E-state index in [2.05, 4.69) is 10.3 Å². The Labute approximate surface area is 120 Å². The molecule has 0 atom stereocenters. The number of anilines is 1. The van der Waals surface area contributed by atoms with Crippen LogP contribution in [0.5, 0.6) is 5.75 Å². The molecule has 0 aliphatic heterocycles. The molecule has 1 amide bonds. The van der Waals surface area contributed by atoms with Crippen LogP contribution in [0, 0.1) is 5.82 Å². The zero-order valence-corrected chi connectivity index (χ0v) is 11.3. The number of carbonyl (C=O) groups excluding carboxylic acids is 1. The standard InChI is InChI=1S/C16H13FN2O2/c1-21-12-4-2-3-11(8-12)19-16(20)14-9-18-15-6-5-10(17)7-13(14)15/h2-9,18H,1H3,(H,19,20). The maximum Gasteiger partial charge on any atom is 0.257 e. The Bertz CT molecular complexity index is 811. The first-order valence-electron chi connectivity index (χ1n) is 6.39. The largest absolute Gasteiger partial charge is 0.497 e. The van der Waals surface area contributed by atoms with Gasteiger partial charge in [-0.05, 0) is 30.3 Å². The minimum atomic E-state index is -0.377. The van der Waals surface area contributed by atoms with Crippen molar-refractivity contribution >= 4 is 22.5 Å². The highest BCUT2D eigenvalue weighted by molar-refractivity contribution is 6.12. The minimum Gasteiger partial charge on any atom is -0.497 e. The van der Waals surface area contributed by atoms with Crippen LogP contribution in [0.2, 0.25) is 0 Å². The minimum absolute atomic E-state index is 0.305. The Morgan fingerprint density at radius 1 is 1.24 bits per heavy atom. The molecule has 5 heteroatoms. The van der Waals surface area contributed by atoms with E-state index in [-0.39, 0.29) is 11.7 Å². The van der Waals surface area contributed by atoms with Crippen molar-refractivity contribution in [2.45, 2.75) is 0 Å². The molecule has 1 aromatic heterocycles. The Balaban J connectivity index is 1.91. The van der Waals surface area contributed by atoms with Gasteiger partial charge < -0.3 is 15.0 Å². The van der Waals surface area contributed by atoms with Crippen molar-refractivity contribution in [1.29, 1.82) is 0 Å². The zero-order chi connectivity index (χ0) is 14.8. The number of halogens is 1. The van der Waals surface area contributed by atoms with Crippen LogP contribution in [0.4, 0.5) is 10.1 Å². The van der Waals surface area contributed by atoms with Crippen molar-refractivity contribution in [3.63, 3.8) is 0 Å².